The third-order valence-electron chi connectivity index (χ3n) is 4.96. The van der Waals surface area contributed by atoms with Gasteiger partial charge in [0.1, 0.15) is 0 Å². The summed E-state index contributed by atoms with van der Waals surface area (Å²) in [5.74, 6) is 0. The van der Waals surface area contributed by atoms with Crippen molar-refractivity contribution >= 4 is 0 Å². The number of aromatic nitrogens is 2. The van der Waals surface area contributed by atoms with Gasteiger partial charge in [-0.3, -0.25) is 0 Å². The molecule has 0 saturated carbocycles. The van der Waals surface area contributed by atoms with Crippen LogP contribution in [0.3, 0.4) is 0 Å². The molecule has 0 aliphatic heterocycles. The third kappa shape index (κ3) is 6.56. The van der Waals surface area contributed by atoms with Crippen LogP contribution in [0.15, 0.2) is 109 Å². The second-order valence-corrected chi connectivity index (χ2v) is 7.19. The molecule has 0 atom stereocenters. The fourth-order valence-corrected chi connectivity index (χ4v) is 3.31. The third-order valence-corrected chi connectivity index (χ3v) is 4.96. The monoisotopic (exact) mass is 627 g/mol. The van der Waals surface area contributed by atoms with Gasteiger partial charge in [0.2, 0.25) is 0 Å². The molecule has 0 amide bonds. The van der Waals surface area contributed by atoms with E-state index in [9.17, 15) is 0 Å². The maximum absolute atomic E-state index is 8.99. The van der Waals surface area contributed by atoms with Crippen LogP contribution in [0.25, 0.3) is 33.6 Å². The average molecular weight is 627 g/mol. The molecule has 0 spiro atoms. The molecular formula is C30H18IrN4-2. The number of rotatable bonds is 3. The Morgan fingerprint density at radius 1 is 0.657 bits per heavy atom. The molecule has 3 aromatic carbocycles. The zero-order valence-electron chi connectivity index (χ0n) is 18.5. The number of benzene rings is 3. The van der Waals surface area contributed by atoms with E-state index in [1.807, 2.05) is 72.9 Å². The molecule has 0 N–H and O–H groups in total. The van der Waals surface area contributed by atoms with E-state index in [2.05, 4.69) is 40.3 Å². The minimum absolute atomic E-state index is 0. The normalized spacial score (nSPS) is 9.43. The predicted octanol–water partition coefficient (Wildman–Crippen LogP) is 6.51. The predicted molar refractivity (Wildman–Crippen MR) is 132 cm³/mol. The van der Waals surface area contributed by atoms with E-state index >= 15 is 0 Å². The SMILES string of the molecule is N#Cc1c[c-]c(-c2ccccn2)c(C#N)c1.[Ir].[c-]1ccccc1-c1cc(-c2ccccc2)ccn1. The zero-order valence-corrected chi connectivity index (χ0v) is 20.9. The minimum Gasteiger partial charge on any atom is -0.305 e. The molecule has 0 bridgehead atoms. The van der Waals surface area contributed by atoms with Crippen LogP contribution in [0.1, 0.15) is 11.1 Å². The molecule has 0 aliphatic rings. The molecule has 0 saturated heterocycles. The Labute approximate surface area is 218 Å². The van der Waals surface area contributed by atoms with E-state index in [1.54, 1.807) is 30.5 Å². The second kappa shape index (κ2) is 12.7. The van der Waals surface area contributed by atoms with Crippen molar-refractivity contribution < 1.29 is 20.1 Å². The van der Waals surface area contributed by atoms with Gasteiger partial charge in [-0.25, -0.2) is 10.5 Å². The van der Waals surface area contributed by atoms with Gasteiger partial charge in [-0.05, 0) is 45.8 Å². The Kier molecular flexibility index (Phi) is 9.17. The number of pyridine rings is 2. The minimum atomic E-state index is 0. The van der Waals surface area contributed by atoms with Crippen molar-refractivity contribution in [1.29, 1.82) is 10.5 Å². The van der Waals surface area contributed by atoms with E-state index in [-0.39, 0.29) is 20.1 Å². The van der Waals surface area contributed by atoms with Crippen molar-refractivity contribution in [3.8, 4) is 45.8 Å². The smallest absolute Gasteiger partial charge is 0.0477 e. The van der Waals surface area contributed by atoms with Crippen molar-refractivity contribution in [1.82, 2.24) is 9.97 Å². The molecule has 35 heavy (non-hydrogen) atoms. The second-order valence-electron chi connectivity index (χ2n) is 7.19. The molecule has 169 valence electrons. The number of hydrogen-bond donors (Lipinski definition) is 0. The van der Waals surface area contributed by atoms with Gasteiger partial charge in [0.15, 0.2) is 0 Å². The van der Waals surface area contributed by atoms with Crippen molar-refractivity contribution in [3.05, 3.63) is 133 Å². The Morgan fingerprint density at radius 2 is 1.43 bits per heavy atom. The molecule has 5 aromatic rings. The van der Waals surface area contributed by atoms with Crippen molar-refractivity contribution in [3.63, 3.8) is 0 Å². The molecule has 2 heterocycles. The van der Waals surface area contributed by atoms with Gasteiger partial charge in [0.05, 0.1) is 0 Å². The van der Waals surface area contributed by atoms with Gasteiger partial charge in [-0.2, -0.15) is 0 Å². The molecule has 0 aliphatic carbocycles. The largest absolute Gasteiger partial charge is 0.305 e. The Morgan fingerprint density at radius 3 is 2.11 bits per heavy atom. The van der Waals surface area contributed by atoms with Gasteiger partial charge in [-0.15, -0.1) is 59.7 Å². The van der Waals surface area contributed by atoms with E-state index < -0.39 is 0 Å². The summed E-state index contributed by atoms with van der Waals surface area (Å²) >= 11 is 0. The summed E-state index contributed by atoms with van der Waals surface area (Å²) in [6, 6.07) is 41.0. The first-order valence-corrected chi connectivity index (χ1v) is 10.5. The van der Waals surface area contributed by atoms with Crippen molar-refractivity contribution in [2.75, 3.05) is 0 Å². The summed E-state index contributed by atoms with van der Waals surface area (Å²) in [6.45, 7) is 0. The quantitative estimate of drug-likeness (QED) is 0.214. The molecular weight excluding hydrogens is 609 g/mol. The molecule has 0 unspecified atom stereocenters. The first kappa shape index (κ1) is 25.2. The van der Waals surface area contributed by atoms with Gasteiger partial charge in [-0.1, -0.05) is 48.5 Å². The molecule has 5 heteroatoms. The summed E-state index contributed by atoms with van der Waals surface area (Å²) in [6.07, 6.45) is 3.50. The molecule has 4 nitrogen and oxygen atoms in total. The van der Waals surface area contributed by atoms with Gasteiger partial charge in [0.25, 0.3) is 0 Å². The van der Waals surface area contributed by atoms with Crippen LogP contribution >= 0.6 is 0 Å². The van der Waals surface area contributed by atoms with Gasteiger partial charge < -0.3 is 9.97 Å². The summed E-state index contributed by atoms with van der Waals surface area (Å²) in [5.41, 5.74) is 6.52. The van der Waals surface area contributed by atoms with Gasteiger partial charge >= 0.3 is 0 Å². The zero-order chi connectivity index (χ0) is 23.6. The molecule has 1 radical (unpaired) electrons. The van der Waals surface area contributed by atoms with Crippen LogP contribution in [-0.2, 0) is 20.1 Å². The Bertz CT molecular complexity index is 1400. The summed E-state index contributed by atoms with van der Waals surface area (Å²) in [5, 5.41) is 17.7. The first-order chi connectivity index (χ1) is 16.8. The standard InChI is InChI=1S/C17H12N.C13H6N3.Ir/c1-3-7-14(8-4-1)16-11-12-18-17(13-16)15-9-5-2-6-10-15;14-8-10-4-5-12(11(7-10)9-15)13-3-1-2-6-16-13;/h1-9,11-13H;1-4,6-7H;/q2*-1;. The van der Waals surface area contributed by atoms with Crippen LogP contribution in [-0.4, -0.2) is 9.97 Å². The van der Waals surface area contributed by atoms with E-state index in [0.717, 1.165) is 11.3 Å². The average Bonchev–Trinajstić information content (AvgIpc) is 2.94. The summed E-state index contributed by atoms with van der Waals surface area (Å²) in [4.78, 5) is 8.55. The summed E-state index contributed by atoms with van der Waals surface area (Å²) < 4.78 is 0. The topological polar surface area (TPSA) is 73.4 Å². The molecule has 0 fully saturated rings. The van der Waals surface area contributed by atoms with Crippen LogP contribution in [0, 0.1) is 34.8 Å². The van der Waals surface area contributed by atoms with Crippen molar-refractivity contribution in [2.24, 2.45) is 0 Å². The number of nitrogens with zero attached hydrogens (tertiary/aromatic N) is 4. The van der Waals surface area contributed by atoms with E-state index in [4.69, 9.17) is 10.5 Å². The fraction of sp³-hybridized carbons (Fsp3) is 0. The van der Waals surface area contributed by atoms with Crippen LogP contribution in [0.5, 0.6) is 0 Å². The Hall–Kier alpha value is -4.41. The molecule has 2 aromatic heterocycles. The van der Waals surface area contributed by atoms with Crippen molar-refractivity contribution in [2.45, 2.75) is 0 Å². The van der Waals surface area contributed by atoms with Crippen LogP contribution < -0.4 is 0 Å². The van der Waals surface area contributed by atoms with Gasteiger partial charge in [0, 0.05) is 44.6 Å². The van der Waals surface area contributed by atoms with E-state index in [0.29, 0.717) is 22.4 Å². The van der Waals surface area contributed by atoms with Crippen LogP contribution in [0.4, 0.5) is 0 Å². The number of hydrogen-bond acceptors (Lipinski definition) is 4. The van der Waals surface area contributed by atoms with Crippen LogP contribution in [0.2, 0.25) is 0 Å². The summed E-state index contributed by atoms with van der Waals surface area (Å²) in [7, 11) is 0. The Balaban J connectivity index is 0.000000192. The maximum atomic E-state index is 8.99. The first-order valence-electron chi connectivity index (χ1n) is 10.5. The molecule has 5 rings (SSSR count). The number of nitriles is 2. The van der Waals surface area contributed by atoms with E-state index in [1.165, 1.54) is 11.1 Å². The maximum Gasteiger partial charge on any atom is 0.0477 e. The fourth-order valence-electron chi connectivity index (χ4n) is 3.31.